The van der Waals surface area contributed by atoms with Crippen LogP contribution in [0.2, 0.25) is 0 Å². The van der Waals surface area contributed by atoms with Crippen LogP contribution in [0.1, 0.15) is 35.3 Å². The molecule has 0 saturated carbocycles. The van der Waals surface area contributed by atoms with Gasteiger partial charge in [0, 0.05) is 5.56 Å². The van der Waals surface area contributed by atoms with E-state index < -0.39 is 0 Å². The molecule has 2 N–H and O–H groups in total. The first-order chi connectivity index (χ1) is 12.3. The summed E-state index contributed by atoms with van der Waals surface area (Å²) in [6.07, 6.45) is 0. The van der Waals surface area contributed by atoms with Crippen LogP contribution in [0.4, 0.5) is 0 Å². The Morgan fingerprint density at radius 3 is 2.44 bits per heavy atom. The molecule has 4 rings (SSSR count). The van der Waals surface area contributed by atoms with E-state index in [1.165, 1.54) is 10.4 Å². The third-order valence-electron chi connectivity index (χ3n) is 4.05. The highest BCUT2D eigenvalue weighted by Gasteiger charge is 2.25. The summed E-state index contributed by atoms with van der Waals surface area (Å²) in [6, 6.07) is 19.1. The largest absolute Gasteiger partial charge is 0.414 e. The molecule has 0 aliphatic heterocycles. The number of rotatable bonds is 6. The third-order valence-corrected chi connectivity index (χ3v) is 5.86. The van der Waals surface area contributed by atoms with Gasteiger partial charge < -0.3 is 9.73 Å². The first-order valence-electron chi connectivity index (χ1n) is 8.12. The summed E-state index contributed by atoms with van der Waals surface area (Å²) < 4.78 is 5.90. The van der Waals surface area contributed by atoms with Crippen molar-refractivity contribution < 1.29 is 9.73 Å². The Morgan fingerprint density at radius 1 is 0.920 bits per heavy atom. The van der Waals surface area contributed by atoms with Crippen molar-refractivity contribution >= 4 is 22.7 Å². The van der Waals surface area contributed by atoms with Gasteiger partial charge in [-0.05, 0) is 29.8 Å². The summed E-state index contributed by atoms with van der Waals surface area (Å²) in [6.45, 7) is 2.11. The fourth-order valence-corrected chi connectivity index (χ4v) is 4.27. The number of nitrogens with zero attached hydrogens (tertiary/aromatic N) is 2. The molecule has 25 heavy (non-hydrogen) atoms. The summed E-state index contributed by atoms with van der Waals surface area (Å²) in [5, 5.41) is 14.9. The fraction of sp³-hybridized carbons (Fsp3) is 0.158. The van der Waals surface area contributed by atoms with Gasteiger partial charge in [-0.3, -0.25) is 0 Å². The molecule has 0 unspecified atom stereocenters. The van der Waals surface area contributed by atoms with Crippen molar-refractivity contribution in [3.63, 3.8) is 0 Å². The van der Waals surface area contributed by atoms with Crippen molar-refractivity contribution in [2.45, 2.75) is 19.0 Å². The van der Waals surface area contributed by atoms with Gasteiger partial charge in [-0.2, -0.15) is 0 Å². The first kappa shape index (κ1) is 16.2. The minimum absolute atomic E-state index is 0.0634. The summed E-state index contributed by atoms with van der Waals surface area (Å²) in [4.78, 5) is 2.32. The van der Waals surface area contributed by atoms with Gasteiger partial charge in [0.1, 0.15) is 6.04 Å². The average Bonchev–Trinajstić information content (AvgIpc) is 3.42. The van der Waals surface area contributed by atoms with Gasteiger partial charge in [0.2, 0.25) is 0 Å². The Labute approximate surface area is 154 Å². The highest BCUT2D eigenvalue weighted by molar-refractivity contribution is 7.13. The van der Waals surface area contributed by atoms with Gasteiger partial charge in [-0.15, -0.1) is 32.9 Å². The van der Waals surface area contributed by atoms with Crippen molar-refractivity contribution in [3.8, 4) is 10.8 Å². The van der Waals surface area contributed by atoms with Gasteiger partial charge in [0.15, 0.2) is 6.04 Å². The van der Waals surface area contributed by atoms with Crippen LogP contribution in [0.15, 0.2) is 69.8 Å². The van der Waals surface area contributed by atoms with Crippen LogP contribution >= 0.6 is 22.7 Å². The second-order valence-electron chi connectivity index (χ2n) is 5.81. The summed E-state index contributed by atoms with van der Waals surface area (Å²) in [5.41, 5.74) is 1.27. The van der Waals surface area contributed by atoms with Crippen molar-refractivity contribution in [2.75, 3.05) is 0 Å². The lowest BCUT2D eigenvalue weighted by atomic mass is 10.0. The molecule has 1 aromatic carbocycles. The molecule has 6 heteroatoms. The van der Waals surface area contributed by atoms with E-state index in [2.05, 4.69) is 64.2 Å². The Kier molecular flexibility index (Phi) is 4.74. The maximum absolute atomic E-state index is 5.90. The quantitative estimate of drug-likeness (QED) is 0.553. The minimum atomic E-state index is 0.0634. The van der Waals surface area contributed by atoms with E-state index in [0.717, 1.165) is 4.88 Å². The van der Waals surface area contributed by atoms with Gasteiger partial charge in [0.05, 0.1) is 9.75 Å². The summed E-state index contributed by atoms with van der Waals surface area (Å²) in [7, 11) is 0. The molecule has 3 aromatic heterocycles. The molecule has 0 radical (unpaired) electrons. The van der Waals surface area contributed by atoms with E-state index in [-0.39, 0.29) is 12.1 Å². The molecule has 0 spiro atoms. The molecule has 3 heterocycles. The van der Waals surface area contributed by atoms with E-state index in [1.54, 1.807) is 22.7 Å². The maximum Gasteiger partial charge on any atom is 0.274 e. The zero-order valence-corrected chi connectivity index (χ0v) is 15.3. The molecule has 0 aliphatic rings. The van der Waals surface area contributed by atoms with E-state index in [4.69, 9.17) is 4.42 Å². The molecular weight excluding hydrogens is 350 g/mol. The second-order valence-corrected chi connectivity index (χ2v) is 7.73. The fourth-order valence-electron chi connectivity index (χ4n) is 2.79. The van der Waals surface area contributed by atoms with E-state index in [9.17, 15) is 0 Å². The molecule has 0 bridgehead atoms. The SMILES string of the molecule is C[C@H]([NH2+][C@@H](c1ccccc1)c1cccs1)c1nnc(-c2cccs2)o1. The number of hydrogen-bond donors (Lipinski definition) is 1. The van der Waals surface area contributed by atoms with E-state index >= 15 is 0 Å². The van der Waals surface area contributed by atoms with Crippen LogP contribution in [0, 0.1) is 0 Å². The van der Waals surface area contributed by atoms with E-state index in [0.29, 0.717) is 11.8 Å². The first-order valence-corrected chi connectivity index (χ1v) is 9.88. The summed E-state index contributed by atoms with van der Waals surface area (Å²) >= 11 is 3.38. The smallest absolute Gasteiger partial charge is 0.274 e. The van der Waals surface area contributed by atoms with Gasteiger partial charge in [-0.1, -0.05) is 42.5 Å². The minimum Gasteiger partial charge on any atom is -0.414 e. The molecule has 0 amide bonds. The van der Waals surface area contributed by atoms with Crippen LogP contribution in [0.3, 0.4) is 0 Å². The van der Waals surface area contributed by atoms with Crippen LogP contribution in [-0.4, -0.2) is 10.2 Å². The van der Waals surface area contributed by atoms with Crippen LogP contribution in [-0.2, 0) is 0 Å². The number of nitrogens with two attached hydrogens (primary N) is 1. The zero-order chi connectivity index (χ0) is 17.1. The Bertz CT molecular complexity index is 901. The Morgan fingerprint density at radius 2 is 1.72 bits per heavy atom. The van der Waals surface area contributed by atoms with Crippen molar-refractivity contribution in [3.05, 3.63) is 81.7 Å². The zero-order valence-electron chi connectivity index (χ0n) is 13.7. The molecule has 0 saturated heterocycles. The lowest BCUT2D eigenvalue weighted by Gasteiger charge is -2.17. The molecular formula is C19H18N3OS2+. The third kappa shape index (κ3) is 3.56. The highest BCUT2D eigenvalue weighted by Crippen LogP contribution is 2.26. The van der Waals surface area contributed by atoms with Crippen molar-refractivity contribution in [2.24, 2.45) is 0 Å². The number of hydrogen-bond acceptors (Lipinski definition) is 5. The van der Waals surface area contributed by atoms with Gasteiger partial charge in [-0.25, -0.2) is 0 Å². The molecule has 0 fully saturated rings. The Hall–Kier alpha value is -2.28. The van der Waals surface area contributed by atoms with Gasteiger partial charge in [0.25, 0.3) is 11.8 Å². The van der Waals surface area contributed by atoms with Gasteiger partial charge >= 0.3 is 0 Å². The number of thiophene rings is 2. The molecule has 4 nitrogen and oxygen atoms in total. The lowest BCUT2D eigenvalue weighted by molar-refractivity contribution is -0.725. The molecule has 126 valence electrons. The average molecular weight is 369 g/mol. The van der Waals surface area contributed by atoms with Crippen LogP contribution in [0.5, 0.6) is 0 Å². The Balaban J connectivity index is 1.58. The molecule has 0 aliphatic carbocycles. The second kappa shape index (κ2) is 7.31. The number of benzene rings is 1. The normalized spacial score (nSPS) is 13.6. The van der Waals surface area contributed by atoms with Crippen molar-refractivity contribution in [1.82, 2.24) is 10.2 Å². The monoisotopic (exact) mass is 368 g/mol. The van der Waals surface area contributed by atoms with Crippen LogP contribution < -0.4 is 5.32 Å². The standard InChI is InChI=1S/C19H17N3OS2/c1-13(18-21-22-19(23-18)16-10-6-12-25-16)20-17(15-9-5-11-24-15)14-7-3-2-4-8-14/h2-13,17,20H,1H3/p+1/t13-,17-/m0/s1. The number of aromatic nitrogens is 2. The molecule has 4 aromatic rings. The number of quaternary nitrogens is 1. The maximum atomic E-state index is 5.90. The lowest BCUT2D eigenvalue weighted by Crippen LogP contribution is -2.85. The summed E-state index contributed by atoms with van der Waals surface area (Å²) in [5.74, 6) is 1.25. The predicted octanol–water partition coefficient (Wildman–Crippen LogP) is 4.27. The predicted molar refractivity (Wildman–Crippen MR) is 101 cm³/mol. The van der Waals surface area contributed by atoms with E-state index in [1.807, 2.05) is 23.6 Å². The molecule has 2 atom stereocenters. The van der Waals surface area contributed by atoms with Crippen molar-refractivity contribution in [1.29, 1.82) is 0 Å². The topological polar surface area (TPSA) is 55.5 Å². The highest BCUT2D eigenvalue weighted by atomic mass is 32.1. The van der Waals surface area contributed by atoms with Crippen LogP contribution in [0.25, 0.3) is 10.8 Å².